The standard InChI is InChI=1S/C16H22N2O2/c1-11(17)14-4-2-3-8-18(14)16(19)13-5-6-15-12(10-13)7-9-20-15/h5-6,10-11,14H,2-4,7-9,17H2,1H3. The molecule has 0 aliphatic carbocycles. The normalized spacial score (nSPS) is 23.1. The van der Waals surface area contributed by atoms with Crippen molar-refractivity contribution in [2.75, 3.05) is 13.2 Å². The van der Waals surface area contributed by atoms with Crippen LogP contribution in [0.25, 0.3) is 0 Å². The van der Waals surface area contributed by atoms with E-state index in [-0.39, 0.29) is 18.0 Å². The molecule has 2 aliphatic rings. The summed E-state index contributed by atoms with van der Waals surface area (Å²) in [6, 6.07) is 5.97. The fourth-order valence-electron chi connectivity index (χ4n) is 3.24. The molecule has 2 atom stereocenters. The molecule has 4 nitrogen and oxygen atoms in total. The Morgan fingerprint density at radius 1 is 1.45 bits per heavy atom. The highest BCUT2D eigenvalue weighted by molar-refractivity contribution is 5.95. The number of hydrogen-bond acceptors (Lipinski definition) is 3. The number of nitrogens with zero attached hydrogens (tertiary/aromatic N) is 1. The van der Waals surface area contributed by atoms with Gasteiger partial charge in [0.15, 0.2) is 0 Å². The van der Waals surface area contributed by atoms with Crippen molar-refractivity contribution in [1.82, 2.24) is 4.90 Å². The number of piperidine rings is 1. The first-order valence-corrected chi connectivity index (χ1v) is 7.49. The Morgan fingerprint density at radius 2 is 2.30 bits per heavy atom. The fourth-order valence-corrected chi connectivity index (χ4v) is 3.24. The SMILES string of the molecule is CC(N)C1CCCCN1C(=O)c1ccc2c(c1)CCO2. The highest BCUT2D eigenvalue weighted by atomic mass is 16.5. The summed E-state index contributed by atoms with van der Waals surface area (Å²) in [4.78, 5) is 14.7. The lowest BCUT2D eigenvalue weighted by atomic mass is 9.95. The summed E-state index contributed by atoms with van der Waals surface area (Å²) >= 11 is 0. The maximum Gasteiger partial charge on any atom is 0.254 e. The van der Waals surface area contributed by atoms with E-state index in [9.17, 15) is 4.79 Å². The molecule has 0 radical (unpaired) electrons. The molecule has 1 amide bonds. The monoisotopic (exact) mass is 274 g/mol. The van der Waals surface area contributed by atoms with Crippen LogP contribution in [0.3, 0.4) is 0 Å². The van der Waals surface area contributed by atoms with Gasteiger partial charge in [0.05, 0.1) is 6.61 Å². The Morgan fingerprint density at radius 3 is 3.10 bits per heavy atom. The lowest BCUT2D eigenvalue weighted by Crippen LogP contribution is -2.51. The van der Waals surface area contributed by atoms with Gasteiger partial charge in [0.2, 0.25) is 0 Å². The van der Waals surface area contributed by atoms with Crippen LogP contribution in [-0.2, 0) is 6.42 Å². The van der Waals surface area contributed by atoms with Gasteiger partial charge in [-0.2, -0.15) is 0 Å². The molecule has 108 valence electrons. The van der Waals surface area contributed by atoms with Gasteiger partial charge in [-0.15, -0.1) is 0 Å². The molecule has 20 heavy (non-hydrogen) atoms. The Labute approximate surface area is 119 Å². The molecule has 0 spiro atoms. The quantitative estimate of drug-likeness (QED) is 0.897. The van der Waals surface area contributed by atoms with E-state index in [2.05, 4.69) is 0 Å². The molecule has 2 unspecified atom stereocenters. The van der Waals surface area contributed by atoms with Crippen molar-refractivity contribution in [3.8, 4) is 5.75 Å². The van der Waals surface area contributed by atoms with Crippen LogP contribution in [0, 0.1) is 0 Å². The zero-order valence-electron chi connectivity index (χ0n) is 12.0. The first-order chi connectivity index (χ1) is 9.66. The van der Waals surface area contributed by atoms with Gasteiger partial charge < -0.3 is 15.4 Å². The minimum atomic E-state index is 0.0250. The minimum absolute atomic E-state index is 0.0250. The molecule has 2 N–H and O–H groups in total. The summed E-state index contributed by atoms with van der Waals surface area (Å²) < 4.78 is 5.49. The summed E-state index contributed by atoms with van der Waals surface area (Å²) in [5.41, 5.74) is 7.96. The second kappa shape index (κ2) is 5.44. The van der Waals surface area contributed by atoms with E-state index in [1.54, 1.807) is 0 Å². The zero-order valence-corrected chi connectivity index (χ0v) is 12.0. The van der Waals surface area contributed by atoms with Gasteiger partial charge in [0, 0.05) is 30.6 Å². The average molecular weight is 274 g/mol. The molecular weight excluding hydrogens is 252 g/mol. The fraction of sp³-hybridized carbons (Fsp3) is 0.562. The number of nitrogens with two attached hydrogens (primary N) is 1. The molecule has 0 bridgehead atoms. The maximum atomic E-state index is 12.7. The molecule has 3 rings (SSSR count). The second-order valence-corrected chi connectivity index (χ2v) is 5.84. The number of hydrogen-bond donors (Lipinski definition) is 1. The van der Waals surface area contributed by atoms with Crippen LogP contribution in [0.4, 0.5) is 0 Å². The van der Waals surface area contributed by atoms with Crippen molar-refractivity contribution in [1.29, 1.82) is 0 Å². The lowest BCUT2D eigenvalue weighted by molar-refractivity contribution is 0.0583. The van der Waals surface area contributed by atoms with E-state index in [4.69, 9.17) is 10.5 Å². The van der Waals surface area contributed by atoms with Crippen LogP contribution < -0.4 is 10.5 Å². The number of rotatable bonds is 2. The first kappa shape index (κ1) is 13.4. The number of ether oxygens (including phenoxy) is 1. The van der Waals surface area contributed by atoms with Gasteiger partial charge in [-0.3, -0.25) is 4.79 Å². The van der Waals surface area contributed by atoms with E-state index in [0.29, 0.717) is 0 Å². The largest absolute Gasteiger partial charge is 0.493 e. The third kappa shape index (κ3) is 2.40. The molecule has 1 aromatic carbocycles. The van der Waals surface area contributed by atoms with Crippen molar-refractivity contribution < 1.29 is 9.53 Å². The zero-order chi connectivity index (χ0) is 14.1. The molecule has 2 heterocycles. The van der Waals surface area contributed by atoms with Gasteiger partial charge in [0.1, 0.15) is 5.75 Å². The van der Waals surface area contributed by atoms with Crippen LogP contribution in [0.2, 0.25) is 0 Å². The van der Waals surface area contributed by atoms with Crippen LogP contribution in [0.15, 0.2) is 18.2 Å². The van der Waals surface area contributed by atoms with E-state index in [1.165, 1.54) is 0 Å². The number of amides is 1. The third-order valence-corrected chi connectivity index (χ3v) is 4.35. The third-order valence-electron chi connectivity index (χ3n) is 4.35. The summed E-state index contributed by atoms with van der Waals surface area (Å²) in [6.07, 6.45) is 4.14. The minimum Gasteiger partial charge on any atom is -0.493 e. The van der Waals surface area contributed by atoms with Crippen molar-refractivity contribution >= 4 is 5.91 Å². The number of benzene rings is 1. The Kier molecular flexibility index (Phi) is 3.66. The Hall–Kier alpha value is -1.55. The van der Waals surface area contributed by atoms with E-state index in [1.807, 2.05) is 30.0 Å². The van der Waals surface area contributed by atoms with Crippen LogP contribution in [-0.4, -0.2) is 36.0 Å². The highest BCUT2D eigenvalue weighted by Gasteiger charge is 2.30. The molecule has 1 aromatic rings. The van der Waals surface area contributed by atoms with E-state index >= 15 is 0 Å². The maximum absolute atomic E-state index is 12.7. The summed E-state index contributed by atoms with van der Waals surface area (Å²) in [6.45, 7) is 3.53. The van der Waals surface area contributed by atoms with Crippen molar-refractivity contribution in [2.45, 2.75) is 44.7 Å². The predicted molar refractivity (Wildman–Crippen MR) is 78.0 cm³/mol. The predicted octanol–water partition coefficient (Wildman–Crippen LogP) is 1.96. The summed E-state index contributed by atoms with van der Waals surface area (Å²) in [7, 11) is 0. The number of likely N-dealkylation sites (tertiary alicyclic amines) is 1. The molecule has 0 saturated carbocycles. The topological polar surface area (TPSA) is 55.6 Å². The Balaban J connectivity index is 1.83. The van der Waals surface area contributed by atoms with Crippen LogP contribution >= 0.6 is 0 Å². The molecule has 2 aliphatic heterocycles. The van der Waals surface area contributed by atoms with E-state index in [0.717, 1.165) is 55.7 Å². The lowest BCUT2D eigenvalue weighted by Gasteiger charge is -2.38. The summed E-state index contributed by atoms with van der Waals surface area (Å²) in [5, 5.41) is 0. The summed E-state index contributed by atoms with van der Waals surface area (Å²) in [5.74, 6) is 1.03. The highest BCUT2D eigenvalue weighted by Crippen LogP contribution is 2.28. The average Bonchev–Trinajstić information content (AvgIpc) is 2.93. The van der Waals surface area contributed by atoms with Crippen molar-refractivity contribution in [3.05, 3.63) is 29.3 Å². The van der Waals surface area contributed by atoms with Gasteiger partial charge in [-0.05, 0) is 49.9 Å². The molecule has 1 fully saturated rings. The molecule has 1 saturated heterocycles. The van der Waals surface area contributed by atoms with Crippen molar-refractivity contribution in [3.63, 3.8) is 0 Å². The van der Waals surface area contributed by atoms with E-state index < -0.39 is 0 Å². The first-order valence-electron chi connectivity index (χ1n) is 7.49. The van der Waals surface area contributed by atoms with Crippen LogP contribution in [0.1, 0.15) is 42.1 Å². The Bertz CT molecular complexity index is 513. The second-order valence-electron chi connectivity index (χ2n) is 5.84. The van der Waals surface area contributed by atoms with Crippen LogP contribution in [0.5, 0.6) is 5.75 Å². The van der Waals surface area contributed by atoms with Crippen molar-refractivity contribution in [2.24, 2.45) is 5.73 Å². The van der Waals surface area contributed by atoms with Gasteiger partial charge >= 0.3 is 0 Å². The molecule has 4 heteroatoms. The molecule has 0 aromatic heterocycles. The molecular formula is C16H22N2O2. The number of carbonyl (C=O) groups excluding carboxylic acids is 1. The number of carbonyl (C=O) groups is 1. The number of fused-ring (bicyclic) bond motifs is 1. The van der Waals surface area contributed by atoms with Gasteiger partial charge in [-0.1, -0.05) is 0 Å². The van der Waals surface area contributed by atoms with Gasteiger partial charge in [0.25, 0.3) is 5.91 Å². The smallest absolute Gasteiger partial charge is 0.254 e. The van der Waals surface area contributed by atoms with Gasteiger partial charge in [-0.25, -0.2) is 0 Å².